The van der Waals surface area contributed by atoms with E-state index in [0.29, 0.717) is 0 Å². The van der Waals surface area contributed by atoms with Crippen molar-refractivity contribution in [2.75, 3.05) is 7.05 Å². The van der Waals surface area contributed by atoms with E-state index in [0.717, 1.165) is 30.7 Å². The molecule has 0 aromatic heterocycles. The fourth-order valence-corrected chi connectivity index (χ4v) is 2.31. The molecule has 2 aliphatic rings. The average Bonchev–Trinajstić information content (AvgIpc) is 2.60. The van der Waals surface area contributed by atoms with Gasteiger partial charge in [0.1, 0.15) is 0 Å². The Balaban J connectivity index is 1.93. The number of nitrogens with one attached hydrogen (secondary N) is 1. The van der Waals surface area contributed by atoms with Crippen LogP contribution in [0.25, 0.3) is 0 Å². The summed E-state index contributed by atoms with van der Waals surface area (Å²) >= 11 is 0. The normalized spacial score (nSPS) is 41.0. The lowest BCUT2D eigenvalue weighted by Gasteiger charge is -1.95. The lowest BCUT2D eigenvalue weighted by atomic mass is 10.1. The second kappa shape index (κ2) is 2.87. The van der Waals surface area contributed by atoms with Gasteiger partial charge in [0.05, 0.1) is 0 Å². The van der Waals surface area contributed by atoms with E-state index in [1.54, 1.807) is 0 Å². The molecule has 0 bridgehead atoms. The molecule has 0 aromatic carbocycles. The van der Waals surface area contributed by atoms with Crippen LogP contribution in [0.15, 0.2) is 0 Å². The van der Waals surface area contributed by atoms with Gasteiger partial charge in [-0.2, -0.15) is 0 Å². The second-order valence-electron chi connectivity index (χ2n) is 3.57. The van der Waals surface area contributed by atoms with Crippen molar-refractivity contribution in [2.24, 2.45) is 11.8 Å². The molecule has 0 aromatic rings. The van der Waals surface area contributed by atoms with Crippen LogP contribution in [0.2, 0.25) is 0 Å². The third-order valence-corrected chi connectivity index (χ3v) is 3.00. The fraction of sp³-hybridized carbons (Fsp3) is 0.800. The predicted octanol–water partition coefficient (Wildman–Crippen LogP) is 1.40. The lowest BCUT2D eigenvalue weighted by molar-refractivity contribution is 0.618. The molecule has 11 heavy (non-hydrogen) atoms. The van der Waals surface area contributed by atoms with Crippen LogP contribution in [-0.2, 0) is 0 Å². The minimum atomic E-state index is 0.816. The van der Waals surface area contributed by atoms with Crippen molar-refractivity contribution in [1.29, 1.82) is 0 Å². The molecule has 2 atom stereocenters. The van der Waals surface area contributed by atoms with Crippen LogP contribution < -0.4 is 5.32 Å². The molecule has 0 spiro atoms. The van der Waals surface area contributed by atoms with Crippen molar-refractivity contribution in [3.05, 3.63) is 0 Å². The summed E-state index contributed by atoms with van der Waals surface area (Å²) in [5.41, 5.74) is 0. The number of rotatable bonds is 1. The van der Waals surface area contributed by atoms with Crippen LogP contribution in [0.4, 0.5) is 0 Å². The standard InChI is InChI=1S/C10H15N/c1-11-10-8-6-4-2-3-5-7-9(8)10/h8-11H,4-7H2,1H3. The van der Waals surface area contributed by atoms with E-state index in [9.17, 15) is 0 Å². The molecule has 0 radical (unpaired) electrons. The van der Waals surface area contributed by atoms with Crippen LogP contribution in [0.1, 0.15) is 25.7 Å². The molecular weight excluding hydrogens is 134 g/mol. The second-order valence-corrected chi connectivity index (χ2v) is 3.57. The first-order valence-electron chi connectivity index (χ1n) is 4.56. The summed E-state index contributed by atoms with van der Waals surface area (Å²) in [5.74, 6) is 8.33. The van der Waals surface area contributed by atoms with Gasteiger partial charge in [-0.05, 0) is 31.7 Å². The Kier molecular flexibility index (Phi) is 1.87. The Morgan fingerprint density at radius 1 is 1.09 bits per heavy atom. The summed E-state index contributed by atoms with van der Waals surface area (Å²) in [6.07, 6.45) is 4.89. The molecule has 1 nitrogen and oxygen atoms in total. The molecule has 0 heterocycles. The molecule has 1 N–H and O–H groups in total. The highest BCUT2D eigenvalue weighted by molar-refractivity contribution is 5.10. The zero-order valence-electron chi connectivity index (χ0n) is 7.06. The van der Waals surface area contributed by atoms with Gasteiger partial charge in [-0.1, -0.05) is 0 Å². The van der Waals surface area contributed by atoms with E-state index in [2.05, 4.69) is 24.2 Å². The Morgan fingerprint density at radius 3 is 2.09 bits per heavy atom. The largest absolute Gasteiger partial charge is 0.316 e. The Hall–Kier alpha value is -0.480. The number of hydrogen-bond donors (Lipinski definition) is 1. The minimum Gasteiger partial charge on any atom is -0.316 e. The highest BCUT2D eigenvalue weighted by Crippen LogP contribution is 2.45. The Bertz CT molecular complexity index is 181. The highest BCUT2D eigenvalue weighted by atomic mass is 15.0. The van der Waals surface area contributed by atoms with E-state index in [1.807, 2.05) is 0 Å². The molecule has 1 fully saturated rings. The molecule has 2 rings (SSSR count). The summed E-state index contributed by atoms with van der Waals surface area (Å²) in [5, 5.41) is 3.38. The van der Waals surface area contributed by atoms with Gasteiger partial charge in [-0.25, -0.2) is 0 Å². The topological polar surface area (TPSA) is 12.0 Å². The third kappa shape index (κ3) is 1.28. The van der Waals surface area contributed by atoms with Crippen LogP contribution in [0.5, 0.6) is 0 Å². The van der Waals surface area contributed by atoms with E-state index >= 15 is 0 Å². The first-order chi connectivity index (χ1) is 5.43. The third-order valence-electron chi connectivity index (χ3n) is 3.00. The molecular formula is C10H15N. The summed E-state index contributed by atoms with van der Waals surface area (Å²) in [7, 11) is 2.08. The smallest absolute Gasteiger partial charge is 0.0128 e. The quantitative estimate of drug-likeness (QED) is 0.556. The van der Waals surface area contributed by atoms with Gasteiger partial charge in [0.2, 0.25) is 0 Å². The monoisotopic (exact) mass is 149 g/mol. The van der Waals surface area contributed by atoms with Crippen LogP contribution in [-0.4, -0.2) is 13.1 Å². The maximum atomic E-state index is 3.38. The molecule has 2 aliphatic carbocycles. The minimum absolute atomic E-state index is 0.816. The summed E-state index contributed by atoms with van der Waals surface area (Å²) < 4.78 is 0. The van der Waals surface area contributed by atoms with Gasteiger partial charge in [-0.3, -0.25) is 0 Å². The van der Waals surface area contributed by atoms with Gasteiger partial charge in [-0.15, -0.1) is 11.8 Å². The molecule has 0 saturated heterocycles. The number of hydrogen-bond acceptors (Lipinski definition) is 1. The first-order valence-corrected chi connectivity index (χ1v) is 4.56. The van der Waals surface area contributed by atoms with E-state index in [1.165, 1.54) is 12.8 Å². The van der Waals surface area contributed by atoms with Crippen molar-refractivity contribution in [3.8, 4) is 11.8 Å². The summed E-state index contributed by atoms with van der Waals surface area (Å²) in [6.45, 7) is 0. The number of fused-ring (bicyclic) bond motifs is 1. The predicted molar refractivity (Wildman–Crippen MR) is 46.1 cm³/mol. The van der Waals surface area contributed by atoms with Crippen molar-refractivity contribution in [2.45, 2.75) is 31.7 Å². The summed E-state index contributed by atoms with van der Waals surface area (Å²) in [6, 6.07) is 0.816. The van der Waals surface area contributed by atoms with Crippen molar-refractivity contribution in [1.82, 2.24) is 5.32 Å². The zero-order chi connectivity index (χ0) is 7.68. The van der Waals surface area contributed by atoms with Crippen LogP contribution in [0.3, 0.4) is 0 Å². The van der Waals surface area contributed by atoms with E-state index in [-0.39, 0.29) is 0 Å². The molecule has 0 amide bonds. The highest BCUT2D eigenvalue weighted by Gasteiger charge is 2.47. The average molecular weight is 149 g/mol. The SMILES string of the molecule is CNC1C2CCC#CCCC21. The molecule has 60 valence electrons. The fourth-order valence-electron chi connectivity index (χ4n) is 2.31. The Morgan fingerprint density at radius 2 is 1.64 bits per heavy atom. The summed E-state index contributed by atoms with van der Waals surface area (Å²) in [4.78, 5) is 0. The van der Waals surface area contributed by atoms with Crippen molar-refractivity contribution >= 4 is 0 Å². The molecule has 1 saturated carbocycles. The maximum Gasteiger partial charge on any atom is 0.0128 e. The maximum absolute atomic E-state index is 3.38. The van der Waals surface area contributed by atoms with Crippen molar-refractivity contribution < 1.29 is 0 Å². The first kappa shape index (κ1) is 7.18. The van der Waals surface area contributed by atoms with Crippen LogP contribution in [0, 0.1) is 23.7 Å². The van der Waals surface area contributed by atoms with Gasteiger partial charge in [0, 0.05) is 18.9 Å². The van der Waals surface area contributed by atoms with Gasteiger partial charge >= 0.3 is 0 Å². The van der Waals surface area contributed by atoms with E-state index in [4.69, 9.17) is 0 Å². The molecule has 0 aliphatic heterocycles. The van der Waals surface area contributed by atoms with Crippen LogP contribution >= 0.6 is 0 Å². The Labute approximate surface area is 68.6 Å². The van der Waals surface area contributed by atoms with Gasteiger partial charge in [0.25, 0.3) is 0 Å². The molecule has 2 unspecified atom stereocenters. The molecule has 1 heteroatoms. The lowest BCUT2D eigenvalue weighted by Crippen LogP contribution is -2.12. The van der Waals surface area contributed by atoms with E-state index < -0.39 is 0 Å². The van der Waals surface area contributed by atoms with Crippen molar-refractivity contribution in [3.63, 3.8) is 0 Å². The zero-order valence-corrected chi connectivity index (χ0v) is 7.06. The van der Waals surface area contributed by atoms with Gasteiger partial charge in [0.15, 0.2) is 0 Å². The van der Waals surface area contributed by atoms with Gasteiger partial charge < -0.3 is 5.32 Å².